The second kappa shape index (κ2) is 3.61. The predicted octanol–water partition coefficient (Wildman–Crippen LogP) is 0.642. The van der Waals surface area contributed by atoms with Crippen LogP contribution in [0.15, 0.2) is 12.5 Å². The van der Waals surface area contributed by atoms with Crippen molar-refractivity contribution in [2.24, 2.45) is 5.92 Å². The molecule has 1 aliphatic carbocycles. The number of aromatic nitrogens is 2. The first-order valence-electron chi connectivity index (χ1n) is 5.70. The topological polar surface area (TPSA) is 41.3 Å². The summed E-state index contributed by atoms with van der Waals surface area (Å²) in [5, 5.41) is 8.94. The van der Waals surface area contributed by atoms with Gasteiger partial charge in [0.05, 0.1) is 12.0 Å². The summed E-state index contributed by atoms with van der Waals surface area (Å²) in [7, 11) is 0. The van der Waals surface area contributed by atoms with Crippen LogP contribution in [0.3, 0.4) is 0 Å². The Morgan fingerprint density at radius 3 is 2.87 bits per heavy atom. The van der Waals surface area contributed by atoms with Crippen molar-refractivity contribution in [3.8, 4) is 0 Å². The van der Waals surface area contributed by atoms with E-state index in [9.17, 15) is 0 Å². The number of nitrogens with zero attached hydrogens (tertiary/aromatic N) is 3. The Hall–Kier alpha value is -0.870. The first kappa shape index (κ1) is 9.36. The average Bonchev–Trinajstić information content (AvgIpc) is 2.92. The molecular weight excluding hydrogens is 190 g/mol. The molecule has 1 aliphatic heterocycles. The van der Waals surface area contributed by atoms with Crippen LogP contribution in [-0.2, 0) is 6.54 Å². The minimum atomic E-state index is 0.332. The van der Waals surface area contributed by atoms with Gasteiger partial charge in [-0.05, 0) is 12.8 Å². The molecule has 82 valence electrons. The van der Waals surface area contributed by atoms with E-state index in [4.69, 9.17) is 5.11 Å². The van der Waals surface area contributed by atoms with Gasteiger partial charge >= 0.3 is 0 Å². The van der Waals surface area contributed by atoms with Crippen LogP contribution in [0.1, 0.15) is 24.6 Å². The molecule has 2 heterocycles. The van der Waals surface area contributed by atoms with Gasteiger partial charge in [-0.1, -0.05) is 0 Å². The number of hydrogen-bond donors (Lipinski definition) is 1. The molecule has 0 unspecified atom stereocenters. The Morgan fingerprint density at radius 2 is 2.20 bits per heavy atom. The standard InChI is InChI=1S/C11H17N3O/c15-7-9-4-13(5-9)6-11-3-12-8-14(11)10-1-2-10/h3,8-10,15H,1-2,4-7H2. The quantitative estimate of drug-likeness (QED) is 0.788. The highest BCUT2D eigenvalue weighted by Crippen LogP contribution is 2.36. The maximum atomic E-state index is 8.94. The van der Waals surface area contributed by atoms with Crippen LogP contribution in [0.25, 0.3) is 0 Å². The molecule has 2 fully saturated rings. The average molecular weight is 207 g/mol. The van der Waals surface area contributed by atoms with Gasteiger partial charge in [0.25, 0.3) is 0 Å². The Bertz CT molecular complexity index is 339. The molecule has 1 saturated carbocycles. The van der Waals surface area contributed by atoms with Crippen molar-refractivity contribution in [2.75, 3.05) is 19.7 Å². The van der Waals surface area contributed by atoms with Gasteiger partial charge in [0.15, 0.2) is 0 Å². The zero-order valence-electron chi connectivity index (χ0n) is 8.84. The van der Waals surface area contributed by atoms with Crippen molar-refractivity contribution in [1.82, 2.24) is 14.5 Å². The largest absolute Gasteiger partial charge is 0.396 e. The molecular formula is C11H17N3O. The van der Waals surface area contributed by atoms with Crippen LogP contribution in [0.5, 0.6) is 0 Å². The summed E-state index contributed by atoms with van der Waals surface area (Å²) in [4.78, 5) is 6.59. The van der Waals surface area contributed by atoms with E-state index >= 15 is 0 Å². The summed E-state index contributed by atoms with van der Waals surface area (Å²) in [5.74, 6) is 0.502. The molecule has 1 aromatic heterocycles. The fraction of sp³-hybridized carbons (Fsp3) is 0.727. The smallest absolute Gasteiger partial charge is 0.0951 e. The molecule has 4 heteroatoms. The summed E-state index contributed by atoms with van der Waals surface area (Å²) >= 11 is 0. The first-order chi connectivity index (χ1) is 7.36. The van der Waals surface area contributed by atoms with Crippen LogP contribution >= 0.6 is 0 Å². The minimum Gasteiger partial charge on any atom is -0.396 e. The zero-order valence-corrected chi connectivity index (χ0v) is 8.84. The molecule has 3 rings (SSSR count). The van der Waals surface area contributed by atoms with Crippen LogP contribution in [-0.4, -0.2) is 39.3 Å². The Balaban J connectivity index is 1.60. The summed E-state index contributed by atoms with van der Waals surface area (Å²) < 4.78 is 2.31. The molecule has 0 bridgehead atoms. The highest BCUT2D eigenvalue weighted by Gasteiger charge is 2.29. The van der Waals surface area contributed by atoms with E-state index in [0.717, 1.165) is 25.7 Å². The maximum absolute atomic E-state index is 8.94. The molecule has 0 spiro atoms. The lowest BCUT2D eigenvalue weighted by atomic mass is 10.0. The molecule has 4 nitrogen and oxygen atoms in total. The summed E-state index contributed by atoms with van der Waals surface area (Å²) in [6, 6.07) is 0.720. The number of aliphatic hydroxyl groups is 1. The predicted molar refractivity (Wildman–Crippen MR) is 56.4 cm³/mol. The molecule has 2 aliphatic rings. The van der Waals surface area contributed by atoms with E-state index < -0.39 is 0 Å². The monoisotopic (exact) mass is 207 g/mol. The van der Waals surface area contributed by atoms with Crippen molar-refractivity contribution < 1.29 is 5.11 Å². The van der Waals surface area contributed by atoms with Gasteiger partial charge in [-0.15, -0.1) is 0 Å². The highest BCUT2D eigenvalue weighted by molar-refractivity contribution is 5.04. The fourth-order valence-corrected chi connectivity index (χ4v) is 2.29. The van der Waals surface area contributed by atoms with E-state index in [1.165, 1.54) is 18.5 Å². The summed E-state index contributed by atoms with van der Waals surface area (Å²) in [6.07, 6.45) is 6.55. The number of likely N-dealkylation sites (tertiary alicyclic amines) is 1. The Labute approximate surface area is 89.5 Å². The van der Waals surface area contributed by atoms with Gasteiger partial charge < -0.3 is 9.67 Å². The van der Waals surface area contributed by atoms with E-state index in [-0.39, 0.29) is 0 Å². The third-order valence-electron chi connectivity index (χ3n) is 3.36. The van der Waals surface area contributed by atoms with Gasteiger partial charge in [0.2, 0.25) is 0 Å². The lowest BCUT2D eigenvalue weighted by molar-refractivity contribution is 0.0461. The van der Waals surface area contributed by atoms with Crippen LogP contribution in [0.4, 0.5) is 0 Å². The Morgan fingerprint density at radius 1 is 1.40 bits per heavy atom. The second-order valence-electron chi connectivity index (χ2n) is 4.77. The maximum Gasteiger partial charge on any atom is 0.0951 e. The van der Waals surface area contributed by atoms with E-state index in [0.29, 0.717) is 12.5 Å². The van der Waals surface area contributed by atoms with Gasteiger partial charge in [-0.2, -0.15) is 0 Å². The van der Waals surface area contributed by atoms with Gasteiger partial charge in [0.1, 0.15) is 0 Å². The molecule has 1 aromatic rings. The normalized spacial score (nSPS) is 23.0. The lowest BCUT2D eigenvalue weighted by Crippen LogP contribution is -2.47. The van der Waals surface area contributed by atoms with Crippen molar-refractivity contribution >= 4 is 0 Å². The van der Waals surface area contributed by atoms with Crippen LogP contribution in [0, 0.1) is 5.92 Å². The van der Waals surface area contributed by atoms with Crippen LogP contribution in [0.2, 0.25) is 0 Å². The molecule has 0 atom stereocenters. The number of imidazole rings is 1. The van der Waals surface area contributed by atoms with Crippen molar-refractivity contribution in [3.63, 3.8) is 0 Å². The third-order valence-corrected chi connectivity index (χ3v) is 3.36. The summed E-state index contributed by atoms with van der Waals surface area (Å²) in [5.41, 5.74) is 1.33. The van der Waals surface area contributed by atoms with Gasteiger partial charge in [-0.25, -0.2) is 4.98 Å². The fourth-order valence-electron chi connectivity index (χ4n) is 2.29. The first-order valence-corrected chi connectivity index (χ1v) is 5.70. The van der Waals surface area contributed by atoms with E-state index in [1.54, 1.807) is 0 Å². The van der Waals surface area contributed by atoms with E-state index in [2.05, 4.69) is 14.5 Å². The lowest BCUT2D eigenvalue weighted by Gasteiger charge is -2.38. The van der Waals surface area contributed by atoms with Crippen molar-refractivity contribution in [3.05, 3.63) is 18.2 Å². The van der Waals surface area contributed by atoms with Gasteiger partial charge in [0, 0.05) is 44.4 Å². The number of aliphatic hydroxyl groups excluding tert-OH is 1. The zero-order chi connectivity index (χ0) is 10.3. The molecule has 15 heavy (non-hydrogen) atoms. The van der Waals surface area contributed by atoms with E-state index in [1.807, 2.05) is 12.5 Å². The third kappa shape index (κ3) is 1.79. The minimum absolute atomic E-state index is 0.332. The molecule has 0 aromatic carbocycles. The summed E-state index contributed by atoms with van der Waals surface area (Å²) in [6.45, 7) is 3.39. The van der Waals surface area contributed by atoms with Crippen LogP contribution < -0.4 is 0 Å². The second-order valence-corrected chi connectivity index (χ2v) is 4.77. The number of hydrogen-bond acceptors (Lipinski definition) is 3. The SMILES string of the molecule is OCC1CN(Cc2cncn2C2CC2)C1. The van der Waals surface area contributed by atoms with Gasteiger partial charge in [-0.3, -0.25) is 4.90 Å². The number of rotatable bonds is 4. The molecule has 0 amide bonds. The Kier molecular flexibility index (Phi) is 2.25. The highest BCUT2D eigenvalue weighted by atomic mass is 16.3. The molecule has 1 N–H and O–H groups in total. The molecule has 1 saturated heterocycles. The van der Waals surface area contributed by atoms with Crippen molar-refractivity contribution in [2.45, 2.75) is 25.4 Å². The van der Waals surface area contributed by atoms with Crippen molar-refractivity contribution in [1.29, 1.82) is 0 Å². The molecule has 0 radical (unpaired) electrons.